The molecule has 418 valence electrons. The molecule has 5 heteroatoms. The topological polar surface area (TPSA) is 6.48 Å². The van der Waals surface area contributed by atoms with E-state index in [4.69, 9.17) is 23.2 Å². The Balaban J connectivity index is 1.03. The van der Waals surface area contributed by atoms with Crippen LogP contribution in [-0.4, -0.2) is 6.71 Å². The van der Waals surface area contributed by atoms with Crippen LogP contribution < -0.4 is 26.2 Å². The van der Waals surface area contributed by atoms with Crippen LogP contribution in [0.3, 0.4) is 0 Å². The van der Waals surface area contributed by atoms with Crippen molar-refractivity contribution in [1.29, 1.82) is 0 Å². The van der Waals surface area contributed by atoms with Crippen molar-refractivity contribution in [3.63, 3.8) is 0 Å². The molecule has 2 aliphatic heterocycles. The van der Waals surface area contributed by atoms with Gasteiger partial charge in [0, 0.05) is 55.0 Å². The van der Waals surface area contributed by atoms with Gasteiger partial charge in [-0.05, 0) is 155 Å². The summed E-state index contributed by atoms with van der Waals surface area (Å²) < 4.78 is 0. The first-order valence-electron chi connectivity index (χ1n) is 30.3. The van der Waals surface area contributed by atoms with Crippen molar-refractivity contribution in [1.82, 2.24) is 0 Å². The number of anilines is 6. The van der Waals surface area contributed by atoms with E-state index in [0.29, 0.717) is 10.0 Å². The summed E-state index contributed by atoms with van der Waals surface area (Å²) in [7, 11) is 0. The van der Waals surface area contributed by atoms with E-state index in [1.807, 2.05) is 0 Å². The molecule has 0 atom stereocenters. The summed E-state index contributed by atoms with van der Waals surface area (Å²) in [5, 5.41) is 1.30. The third-order valence-electron chi connectivity index (χ3n) is 17.7. The van der Waals surface area contributed by atoms with Crippen LogP contribution in [0.15, 0.2) is 334 Å². The molecule has 2 heterocycles. The molecule has 0 fully saturated rings. The van der Waals surface area contributed by atoms with Crippen LogP contribution in [0, 0.1) is 0 Å². The van der Waals surface area contributed by atoms with Crippen molar-refractivity contribution in [3.8, 4) is 100 Å². The van der Waals surface area contributed by atoms with E-state index in [9.17, 15) is 0 Å². The summed E-state index contributed by atoms with van der Waals surface area (Å²) in [5.74, 6) is 0. The van der Waals surface area contributed by atoms with Gasteiger partial charge in [-0.25, -0.2) is 0 Å². The Labute approximate surface area is 530 Å². The lowest BCUT2D eigenvalue weighted by atomic mass is 9.33. The zero-order valence-electron chi connectivity index (χ0n) is 48.5. The van der Waals surface area contributed by atoms with E-state index < -0.39 is 0 Å². The number of hydrogen-bond donors (Lipinski definition) is 0. The Morgan fingerprint density at radius 1 is 0.202 bits per heavy atom. The summed E-state index contributed by atoms with van der Waals surface area (Å²) in [4.78, 5) is 5.10. The fraction of sp³-hybridized carbons (Fsp3) is 0. The minimum Gasteiger partial charge on any atom is -0.310 e. The SMILES string of the molecule is Clc1ccc2c(c1)N(c1c(-c3cccc(-c4ccccc4)c3)cccc1-c1cccc(-c3ccccc3)c1)c1cc(-c3ccccc3)cc3c1B2c1ccc(Cl)cc1N3c1c(-c2cccc(-c3ccccc3)c2)cccc1-c1cccc(-c2ccccc2)c1. The van der Waals surface area contributed by atoms with Crippen molar-refractivity contribution in [2.75, 3.05) is 9.80 Å². The van der Waals surface area contributed by atoms with Crippen LogP contribution in [-0.2, 0) is 0 Å². The number of benzene rings is 14. The van der Waals surface area contributed by atoms with Gasteiger partial charge in [-0.2, -0.15) is 0 Å². The van der Waals surface area contributed by atoms with Crippen LogP contribution >= 0.6 is 23.2 Å². The zero-order valence-corrected chi connectivity index (χ0v) is 50.0. The number of halogens is 2. The number of para-hydroxylation sites is 2. The zero-order chi connectivity index (χ0) is 59.4. The highest BCUT2D eigenvalue weighted by Crippen LogP contribution is 2.54. The Hall–Kier alpha value is -10.7. The summed E-state index contributed by atoms with van der Waals surface area (Å²) in [6.45, 7) is -0.242. The highest BCUT2D eigenvalue weighted by atomic mass is 35.5. The molecule has 2 aliphatic rings. The fourth-order valence-corrected chi connectivity index (χ4v) is 14.0. The summed E-state index contributed by atoms with van der Waals surface area (Å²) in [6, 6.07) is 121. The maximum absolute atomic E-state index is 7.43. The number of nitrogens with zero attached hydrogens (tertiary/aromatic N) is 2. The van der Waals surface area contributed by atoms with Gasteiger partial charge in [-0.3, -0.25) is 0 Å². The molecule has 14 aromatic carbocycles. The Kier molecular flexibility index (Phi) is 13.8. The minimum atomic E-state index is -0.242. The van der Waals surface area contributed by atoms with E-state index in [2.05, 4.69) is 343 Å². The lowest BCUT2D eigenvalue weighted by molar-refractivity contribution is 1.25. The van der Waals surface area contributed by atoms with E-state index in [1.165, 1.54) is 5.46 Å². The van der Waals surface area contributed by atoms with Crippen molar-refractivity contribution in [3.05, 3.63) is 344 Å². The van der Waals surface area contributed by atoms with Crippen molar-refractivity contribution >= 4 is 80.4 Å². The average molecular weight is 1170 g/mol. The molecule has 0 amide bonds. The van der Waals surface area contributed by atoms with Gasteiger partial charge in [-0.1, -0.05) is 296 Å². The first kappa shape index (κ1) is 53.8. The molecule has 0 spiro atoms. The van der Waals surface area contributed by atoms with Gasteiger partial charge in [-0.15, -0.1) is 0 Å². The van der Waals surface area contributed by atoms with Crippen LogP contribution in [0.1, 0.15) is 0 Å². The third-order valence-corrected chi connectivity index (χ3v) is 18.2. The van der Waals surface area contributed by atoms with Gasteiger partial charge < -0.3 is 9.80 Å². The quantitative estimate of drug-likeness (QED) is 0.119. The molecule has 0 radical (unpaired) electrons. The molecule has 0 unspecified atom stereocenters. The Morgan fingerprint density at radius 3 is 0.764 bits per heavy atom. The van der Waals surface area contributed by atoms with E-state index in [1.54, 1.807) is 0 Å². The minimum absolute atomic E-state index is 0.242. The van der Waals surface area contributed by atoms with Gasteiger partial charge in [0.05, 0.1) is 11.4 Å². The van der Waals surface area contributed by atoms with Crippen molar-refractivity contribution in [2.24, 2.45) is 0 Å². The molecular weight excluding hydrogens is 1120 g/mol. The molecular formula is C84H55BCl2N2. The normalized spacial score (nSPS) is 12.1. The largest absolute Gasteiger partial charge is 0.310 e. The first-order chi connectivity index (χ1) is 44.0. The van der Waals surface area contributed by atoms with Crippen molar-refractivity contribution in [2.45, 2.75) is 0 Å². The van der Waals surface area contributed by atoms with Crippen LogP contribution in [0.2, 0.25) is 10.0 Å². The lowest BCUT2D eigenvalue weighted by Gasteiger charge is -2.46. The van der Waals surface area contributed by atoms with E-state index in [-0.39, 0.29) is 6.71 Å². The van der Waals surface area contributed by atoms with E-state index >= 15 is 0 Å². The second kappa shape index (κ2) is 22.9. The monoisotopic (exact) mass is 1170 g/mol. The summed E-state index contributed by atoms with van der Waals surface area (Å²) in [5.41, 5.74) is 29.7. The van der Waals surface area contributed by atoms with Gasteiger partial charge in [0.2, 0.25) is 0 Å². The summed E-state index contributed by atoms with van der Waals surface area (Å²) >= 11 is 14.9. The predicted octanol–water partition coefficient (Wildman–Crippen LogP) is 22.1. The smallest absolute Gasteiger partial charge is 0.252 e. The molecule has 2 nitrogen and oxygen atoms in total. The molecule has 0 N–H and O–H groups in total. The lowest BCUT2D eigenvalue weighted by Crippen LogP contribution is -2.61. The maximum Gasteiger partial charge on any atom is 0.252 e. The highest BCUT2D eigenvalue weighted by molar-refractivity contribution is 7.00. The molecule has 0 aliphatic carbocycles. The highest BCUT2D eigenvalue weighted by Gasteiger charge is 2.45. The van der Waals surface area contributed by atoms with Crippen molar-refractivity contribution < 1.29 is 0 Å². The molecule has 0 saturated carbocycles. The van der Waals surface area contributed by atoms with Gasteiger partial charge in [0.15, 0.2) is 0 Å². The Morgan fingerprint density at radius 2 is 0.461 bits per heavy atom. The standard InChI is InChI=1S/C84H55BCl2N2/c86-70-44-46-76-78(54-70)88(83-72(65-36-16-32-61(48-65)56-22-6-1-7-23-56)40-20-41-73(83)66-37-17-33-62(49-66)57-24-8-2-9-25-57)80-52-69(60-30-14-5-15-31-60)53-81-82(80)85(76)77-47-45-71(87)55-79(77)89(81)84-74(67-38-18-34-63(50-67)58-26-10-3-11-27-58)42-21-43-75(84)68-39-19-35-64(51-68)59-28-12-4-13-29-59/h1-55H. The van der Waals surface area contributed by atoms with Crippen LogP contribution in [0.25, 0.3) is 100 Å². The molecule has 14 aromatic rings. The summed E-state index contributed by atoms with van der Waals surface area (Å²) in [6.07, 6.45) is 0. The fourth-order valence-electron chi connectivity index (χ4n) is 13.7. The second-order valence-corrected chi connectivity index (χ2v) is 23.9. The Bertz CT molecular complexity index is 4500. The third kappa shape index (κ3) is 9.82. The molecule has 16 rings (SSSR count). The first-order valence-corrected chi connectivity index (χ1v) is 31.0. The molecule has 0 bridgehead atoms. The predicted molar refractivity (Wildman–Crippen MR) is 379 cm³/mol. The van der Waals surface area contributed by atoms with E-state index in [0.717, 1.165) is 145 Å². The van der Waals surface area contributed by atoms with Crippen LogP contribution in [0.5, 0.6) is 0 Å². The molecule has 0 saturated heterocycles. The number of hydrogen-bond acceptors (Lipinski definition) is 2. The average Bonchev–Trinajstić information content (AvgIpc) is 0.784. The van der Waals surface area contributed by atoms with Gasteiger partial charge >= 0.3 is 0 Å². The van der Waals surface area contributed by atoms with Crippen LogP contribution in [0.4, 0.5) is 34.1 Å². The maximum atomic E-state index is 7.43. The molecule has 0 aromatic heterocycles. The second-order valence-electron chi connectivity index (χ2n) is 23.0. The molecule has 89 heavy (non-hydrogen) atoms. The van der Waals surface area contributed by atoms with Gasteiger partial charge in [0.1, 0.15) is 0 Å². The number of rotatable bonds is 11. The number of fused-ring (bicyclic) bond motifs is 4. The van der Waals surface area contributed by atoms with Gasteiger partial charge in [0.25, 0.3) is 6.71 Å².